The number of amides is 2. The van der Waals surface area contributed by atoms with Crippen molar-refractivity contribution in [2.24, 2.45) is 0 Å². The SMILES string of the molecule is CCNCCCNC(=O)NCCn1cc(C(=O)O)nn1. The van der Waals surface area contributed by atoms with Crippen molar-refractivity contribution < 1.29 is 14.7 Å². The van der Waals surface area contributed by atoms with Crippen molar-refractivity contribution >= 4 is 12.0 Å². The molecular formula is C11H20N6O3. The lowest BCUT2D eigenvalue weighted by Gasteiger charge is -2.07. The molecule has 9 heteroatoms. The molecule has 2 amide bonds. The third-order valence-corrected chi connectivity index (χ3v) is 2.45. The maximum atomic E-state index is 11.4. The Kier molecular flexibility index (Phi) is 7.04. The Labute approximate surface area is 116 Å². The van der Waals surface area contributed by atoms with Gasteiger partial charge in [0.05, 0.1) is 12.7 Å². The molecule has 0 saturated heterocycles. The summed E-state index contributed by atoms with van der Waals surface area (Å²) in [4.78, 5) is 22.0. The Morgan fingerprint density at radius 1 is 1.30 bits per heavy atom. The number of carbonyl (C=O) groups excluding carboxylic acids is 1. The zero-order chi connectivity index (χ0) is 14.8. The quantitative estimate of drug-likeness (QED) is 0.444. The van der Waals surface area contributed by atoms with Gasteiger partial charge in [-0.3, -0.25) is 0 Å². The fraction of sp³-hybridized carbons (Fsp3) is 0.636. The predicted octanol–water partition coefficient (Wildman–Crippen LogP) is -0.725. The number of nitrogens with one attached hydrogen (secondary N) is 3. The topological polar surface area (TPSA) is 121 Å². The number of carboxylic acid groups (broad SMARTS) is 1. The highest BCUT2D eigenvalue weighted by Gasteiger charge is 2.07. The van der Waals surface area contributed by atoms with Gasteiger partial charge in [0.15, 0.2) is 5.69 Å². The van der Waals surface area contributed by atoms with E-state index in [1.165, 1.54) is 10.9 Å². The maximum Gasteiger partial charge on any atom is 0.358 e. The summed E-state index contributed by atoms with van der Waals surface area (Å²) in [5.74, 6) is -1.12. The third kappa shape index (κ3) is 6.14. The number of carboxylic acids is 1. The van der Waals surface area contributed by atoms with Crippen LogP contribution in [0.4, 0.5) is 4.79 Å². The first-order valence-electron chi connectivity index (χ1n) is 6.49. The molecule has 0 spiro atoms. The second-order valence-electron chi connectivity index (χ2n) is 4.06. The lowest BCUT2D eigenvalue weighted by Crippen LogP contribution is -2.38. The van der Waals surface area contributed by atoms with Crippen molar-refractivity contribution in [3.63, 3.8) is 0 Å². The van der Waals surface area contributed by atoms with E-state index in [9.17, 15) is 9.59 Å². The van der Waals surface area contributed by atoms with Gasteiger partial charge in [0.1, 0.15) is 0 Å². The van der Waals surface area contributed by atoms with E-state index in [0.717, 1.165) is 19.5 Å². The van der Waals surface area contributed by atoms with Crippen LogP contribution in [0.1, 0.15) is 23.8 Å². The molecule has 0 aliphatic carbocycles. The van der Waals surface area contributed by atoms with Crippen LogP contribution < -0.4 is 16.0 Å². The van der Waals surface area contributed by atoms with Gasteiger partial charge in [-0.25, -0.2) is 14.3 Å². The first kappa shape index (κ1) is 15.9. The van der Waals surface area contributed by atoms with Crippen LogP contribution in [-0.4, -0.2) is 58.3 Å². The highest BCUT2D eigenvalue weighted by Crippen LogP contribution is 1.91. The summed E-state index contributed by atoms with van der Waals surface area (Å²) in [6.45, 7) is 5.13. The van der Waals surface area contributed by atoms with E-state index in [1.54, 1.807) is 0 Å². The molecular weight excluding hydrogens is 264 g/mol. The minimum absolute atomic E-state index is 0.113. The zero-order valence-electron chi connectivity index (χ0n) is 11.4. The summed E-state index contributed by atoms with van der Waals surface area (Å²) < 4.78 is 1.37. The molecule has 1 aromatic rings. The summed E-state index contributed by atoms with van der Waals surface area (Å²) in [6, 6.07) is -0.250. The van der Waals surface area contributed by atoms with Crippen LogP contribution in [0.15, 0.2) is 6.20 Å². The molecule has 0 aliphatic rings. The van der Waals surface area contributed by atoms with Gasteiger partial charge in [-0.05, 0) is 19.5 Å². The van der Waals surface area contributed by atoms with Crippen molar-refractivity contribution in [3.8, 4) is 0 Å². The van der Waals surface area contributed by atoms with Crippen LogP contribution in [0.3, 0.4) is 0 Å². The predicted molar refractivity (Wildman–Crippen MR) is 71.5 cm³/mol. The van der Waals surface area contributed by atoms with Gasteiger partial charge in [-0.2, -0.15) is 0 Å². The number of aromatic carboxylic acids is 1. The number of carbonyl (C=O) groups is 2. The first-order chi connectivity index (χ1) is 9.63. The standard InChI is InChI=1S/C11H20N6O3/c1-2-12-4-3-5-13-11(20)14-6-7-17-8-9(10(18)19)15-16-17/h8,12H,2-7H2,1H3,(H,18,19)(H2,13,14,20). The molecule has 1 rings (SSSR count). The third-order valence-electron chi connectivity index (χ3n) is 2.45. The Morgan fingerprint density at radius 3 is 2.70 bits per heavy atom. The highest BCUT2D eigenvalue weighted by atomic mass is 16.4. The molecule has 0 fully saturated rings. The average Bonchev–Trinajstić information content (AvgIpc) is 2.87. The molecule has 0 aromatic carbocycles. The van der Waals surface area contributed by atoms with Crippen LogP contribution in [0.25, 0.3) is 0 Å². The van der Waals surface area contributed by atoms with Crippen LogP contribution in [0.2, 0.25) is 0 Å². The molecule has 4 N–H and O–H groups in total. The zero-order valence-corrected chi connectivity index (χ0v) is 11.4. The van der Waals surface area contributed by atoms with E-state index in [0.29, 0.717) is 19.6 Å². The second-order valence-corrected chi connectivity index (χ2v) is 4.06. The minimum Gasteiger partial charge on any atom is -0.476 e. The van der Waals surface area contributed by atoms with Gasteiger partial charge >= 0.3 is 12.0 Å². The summed E-state index contributed by atoms with van der Waals surface area (Å²) >= 11 is 0. The Bertz CT molecular complexity index is 434. The van der Waals surface area contributed by atoms with E-state index in [1.807, 2.05) is 6.92 Å². The molecule has 0 unspecified atom stereocenters. The van der Waals surface area contributed by atoms with Crippen molar-refractivity contribution in [2.45, 2.75) is 19.9 Å². The lowest BCUT2D eigenvalue weighted by atomic mass is 10.4. The Hall–Kier alpha value is -2.16. The largest absolute Gasteiger partial charge is 0.476 e. The normalized spacial score (nSPS) is 10.2. The van der Waals surface area contributed by atoms with E-state index in [4.69, 9.17) is 5.11 Å². The number of hydrogen-bond donors (Lipinski definition) is 4. The number of nitrogens with zero attached hydrogens (tertiary/aromatic N) is 3. The monoisotopic (exact) mass is 284 g/mol. The minimum atomic E-state index is -1.12. The summed E-state index contributed by atoms with van der Waals surface area (Å²) in [5, 5.41) is 24.3. The van der Waals surface area contributed by atoms with Crippen molar-refractivity contribution in [2.75, 3.05) is 26.2 Å². The first-order valence-corrected chi connectivity index (χ1v) is 6.49. The van der Waals surface area contributed by atoms with E-state index in [-0.39, 0.29) is 11.7 Å². The fourth-order valence-corrected chi connectivity index (χ4v) is 1.44. The summed E-state index contributed by atoms with van der Waals surface area (Å²) in [5.41, 5.74) is -0.113. The fourth-order valence-electron chi connectivity index (χ4n) is 1.44. The molecule has 20 heavy (non-hydrogen) atoms. The molecule has 9 nitrogen and oxygen atoms in total. The van der Waals surface area contributed by atoms with Gasteiger partial charge in [0.25, 0.3) is 0 Å². The number of aromatic nitrogens is 3. The molecule has 0 saturated carbocycles. The molecule has 112 valence electrons. The van der Waals surface area contributed by atoms with Gasteiger partial charge in [0, 0.05) is 13.1 Å². The molecule has 0 atom stereocenters. The van der Waals surface area contributed by atoms with Gasteiger partial charge in [-0.15, -0.1) is 5.10 Å². The lowest BCUT2D eigenvalue weighted by molar-refractivity contribution is 0.0690. The number of rotatable bonds is 9. The maximum absolute atomic E-state index is 11.4. The summed E-state index contributed by atoms with van der Waals surface area (Å²) in [7, 11) is 0. The Morgan fingerprint density at radius 2 is 2.05 bits per heavy atom. The van der Waals surface area contributed by atoms with E-state index < -0.39 is 5.97 Å². The van der Waals surface area contributed by atoms with Crippen LogP contribution in [0, 0.1) is 0 Å². The van der Waals surface area contributed by atoms with E-state index in [2.05, 4.69) is 26.3 Å². The molecule has 1 heterocycles. The van der Waals surface area contributed by atoms with E-state index >= 15 is 0 Å². The molecule has 0 aliphatic heterocycles. The number of hydrogen-bond acceptors (Lipinski definition) is 5. The van der Waals surface area contributed by atoms with Crippen molar-refractivity contribution in [1.82, 2.24) is 30.9 Å². The van der Waals surface area contributed by atoms with Crippen LogP contribution in [0.5, 0.6) is 0 Å². The van der Waals surface area contributed by atoms with Gasteiger partial charge in [-0.1, -0.05) is 12.1 Å². The molecule has 0 bridgehead atoms. The summed E-state index contributed by atoms with van der Waals surface area (Å²) in [6.07, 6.45) is 2.19. The molecule has 1 aromatic heterocycles. The smallest absolute Gasteiger partial charge is 0.358 e. The van der Waals surface area contributed by atoms with Gasteiger partial charge < -0.3 is 21.1 Å². The van der Waals surface area contributed by atoms with Gasteiger partial charge in [0.2, 0.25) is 0 Å². The van der Waals surface area contributed by atoms with Crippen LogP contribution in [-0.2, 0) is 6.54 Å². The van der Waals surface area contributed by atoms with Crippen molar-refractivity contribution in [3.05, 3.63) is 11.9 Å². The molecule has 0 radical (unpaired) electrons. The van der Waals surface area contributed by atoms with Crippen LogP contribution >= 0.6 is 0 Å². The highest BCUT2D eigenvalue weighted by molar-refractivity contribution is 5.84. The second kappa shape index (κ2) is 8.86. The van der Waals surface area contributed by atoms with Crippen molar-refractivity contribution in [1.29, 1.82) is 0 Å². The average molecular weight is 284 g/mol. The Balaban J connectivity index is 2.10. The number of urea groups is 1.